The summed E-state index contributed by atoms with van der Waals surface area (Å²) in [6.45, 7) is 17.5. The van der Waals surface area contributed by atoms with E-state index in [1.807, 2.05) is 97.1 Å². The van der Waals surface area contributed by atoms with Gasteiger partial charge in [-0.05, 0) is 220 Å². The lowest BCUT2D eigenvalue weighted by Crippen LogP contribution is -2.25. The second-order valence-corrected chi connectivity index (χ2v) is 27.8. The van der Waals surface area contributed by atoms with Crippen molar-refractivity contribution in [3.8, 4) is 44.5 Å². The zero-order valence-electron chi connectivity index (χ0n) is 57.2. The second kappa shape index (κ2) is 37.0. The van der Waals surface area contributed by atoms with Crippen molar-refractivity contribution in [1.29, 1.82) is 0 Å². The topological polar surface area (TPSA) is 0 Å². The quantitative estimate of drug-likeness (QED) is 0.0559. The molecule has 0 aliphatic heterocycles. The minimum absolute atomic E-state index is 0.298. The van der Waals surface area contributed by atoms with Crippen molar-refractivity contribution in [3.63, 3.8) is 0 Å². The van der Waals surface area contributed by atoms with Gasteiger partial charge in [0.05, 0.1) is 0 Å². The van der Waals surface area contributed by atoms with Gasteiger partial charge in [-0.15, -0.1) is 0 Å². The fourth-order valence-corrected chi connectivity index (χ4v) is 15.8. The molecule has 0 N–H and O–H groups in total. The molecule has 0 nitrogen and oxygen atoms in total. The van der Waals surface area contributed by atoms with Gasteiger partial charge in [0.2, 0.25) is 0 Å². The Kier molecular flexibility index (Phi) is 28.8. The molecule has 4 aliphatic rings. The molecule has 488 valence electrons. The molecule has 7 aromatic carbocycles. The van der Waals surface area contributed by atoms with Crippen LogP contribution in [0.2, 0.25) is 0 Å². The van der Waals surface area contributed by atoms with Crippen molar-refractivity contribution >= 4 is 0 Å². The number of aryl methyl sites for hydroxylation is 5. The van der Waals surface area contributed by atoms with Crippen LogP contribution in [-0.2, 0) is 25.7 Å². The second-order valence-electron chi connectivity index (χ2n) is 27.8. The van der Waals surface area contributed by atoms with Crippen molar-refractivity contribution in [3.05, 3.63) is 214 Å². The summed E-state index contributed by atoms with van der Waals surface area (Å²) in [5.74, 6) is 4.99. The van der Waals surface area contributed by atoms with Gasteiger partial charge in [-0.25, -0.2) is 17.6 Å². The van der Waals surface area contributed by atoms with Gasteiger partial charge >= 0.3 is 0 Å². The van der Waals surface area contributed by atoms with E-state index in [0.29, 0.717) is 44.5 Å². The largest absolute Gasteiger partial charge is 0.203 e. The molecule has 0 atom stereocenters. The van der Waals surface area contributed by atoms with Crippen LogP contribution in [0.3, 0.4) is 0 Å². The zero-order chi connectivity index (χ0) is 64.5. The lowest BCUT2D eigenvalue weighted by Gasteiger charge is -2.38. The Labute approximate surface area is 549 Å². The first-order chi connectivity index (χ1) is 44.4. The number of benzene rings is 7. The zero-order valence-corrected chi connectivity index (χ0v) is 57.2. The molecule has 0 heterocycles. The Morgan fingerprint density at radius 3 is 0.989 bits per heavy atom. The number of halogens is 4. The van der Waals surface area contributed by atoms with Crippen molar-refractivity contribution in [2.45, 2.75) is 235 Å². The maximum atomic E-state index is 14.7. The molecule has 11 rings (SSSR count). The van der Waals surface area contributed by atoms with Gasteiger partial charge in [0.1, 0.15) is 0 Å². The molecule has 7 aromatic rings. The van der Waals surface area contributed by atoms with Crippen LogP contribution >= 0.6 is 0 Å². The Bertz CT molecular complexity index is 3210. The summed E-state index contributed by atoms with van der Waals surface area (Å²) in [6, 6.07) is 46.6. The molecule has 0 radical (unpaired) electrons. The van der Waals surface area contributed by atoms with E-state index in [4.69, 9.17) is 0 Å². The van der Waals surface area contributed by atoms with Gasteiger partial charge in [0.15, 0.2) is 23.3 Å². The molecular weight excluding hydrogens is 1120 g/mol. The van der Waals surface area contributed by atoms with E-state index < -0.39 is 23.3 Å². The number of rotatable bonds is 19. The molecule has 0 aromatic heterocycles. The fraction of sp³-hybridized carbons (Fsp3) is 0.494. The lowest BCUT2D eigenvalue weighted by molar-refractivity contribution is 0.152. The summed E-state index contributed by atoms with van der Waals surface area (Å²) in [4.78, 5) is 0. The highest BCUT2D eigenvalue weighted by atomic mass is 19.2. The van der Waals surface area contributed by atoms with Crippen molar-refractivity contribution < 1.29 is 17.6 Å². The summed E-state index contributed by atoms with van der Waals surface area (Å²) in [6.07, 6.45) is 41.7. The normalized spacial score (nSPS) is 21.6. The smallest absolute Gasteiger partial charge is 0.167 e. The van der Waals surface area contributed by atoms with Crippen LogP contribution in [0.4, 0.5) is 17.6 Å². The number of hydrogen-bond donors (Lipinski definition) is 0. The van der Waals surface area contributed by atoms with E-state index in [1.165, 1.54) is 143 Å². The minimum Gasteiger partial charge on any atom is -0.203 e. The molecule has 0 saturated heterocycles. The summed E-state index contributed by atoms with van der Waals surface area (Å²) in [5, 5.41) is 0. The van der Waals surface area contributed by atoms with Crippen molar-refractivity contribution in [1.82, 2.24) is 0 Å². The highest BCUT2D eigenvalue weighted by Gasteiger charge is 2.32. The minimum atomic E-state index is -0.792. The third-order valence-electron chi connectivity index (χ3n) is 21.5. The van der Waals surface area contributed by atoms with Gasteiger partial charge in [-0.2, -0.15) is 0 Å². The average molecular weight is 1230 g/mol. The van der Waals surface area contributed by atoms with Gasteiger partial charge in [-0.1, -0.05) is 269 Å². The number of allylic oxidation sites excluding steroid dienone is 2. The molecule has 0 bridgehead atoms. The van der Waals surface area contributed by atoms with Gasteiger partial charge in [0.25, 0.3) is 0 Å². The monoisotopic (exact) mass is 1230 g/mol. The van der Waals surface area contributed by atoms with Gasteiger partial charge < -0.3 is 0 Å². The van der Waals surface area contributed by atoms with Crippen LogP contribution in [0.1, 0.15) is 235 Å². The molecule has 91 heavy (non-hydrogen) atoms. The van der Waals surface area contributed by atoms with E-state index in [-0.39, 0.29) is 0 Å². The Morgan fingerprint density at radius 2 is 0.670 bits per heavy atom. The molecule has 0 spiro atoms. The van der Waals surface area contributed by atoms with E-state index in [0.717, 1.165) is 92.3 Å². The van der Waals surface area contributed by atoms with Crippen LogP contribution in [0.15, 0.2) is 158 Å². The fourth-order valence-electron chi connectivity index (χ4n) is 15.8. The third kappa shape index (κ3) is 20.5. The van der Waals surface area contributed by atoms with E-state index >= 15 is 0 Å². The SMILES string of the molecule is C/C=C/C1CCC(C2CCC(CCC)CC2)CC1.CCCC1CCC(C2CCC(c3ccc(C)cc3)CC2)CC1.CCCCc1ccc(-c2ccc(-c3ccc(CC)cc3)c(F)c2F)cc1.CCCc1ccc(-c2ccc(-c3ccc(CC)cc3)c(F)c2F)cc1. The molecule has 4 aliphatic carbocycles. The van der Waals surface area contributed by atoms with Crippen LogP contribution < -0.4 is 0 Å². The van der Waals surface area contributed by atoms with Crippen molar-refractivity contribution in [2.75, 3.05) is 0 Å². The first kappa shape index (κ1) is 70.9. The maximum absolute atomic E-state index is 14.7. The average Bonchev–Trinajstić information content (AvgIpc) is 0.958. The highest BCUT2D eigenvalue weighted by molar-refractivity contribution is 5.73. The van der Waals surface area contributed by atoms with Gasteiger partial charge in [-0.3, -0.25) is 0 Å². The maximum Gasteiger partial charge on any atom is 0.167 e. The summed E-state index contributed by atoms with van der Waals surface area (Å²) >= 11 is 0. The van der Waals surface area contributed by atoms with E-state index in [9.17, 15) is 17.6 Å². The van der Waals surface area contributed by atoms with Gasteiger partial charge in [0, 0.05) is 22.3 Å². The van der Waals surface area contributed by atoms with Crippen LogP contribution in [0.5, 0.6) is 0 Å². The Hall–Kier alpha value is -6.00. The summed E-state index contributed by atoms with van der Waals surface area (Å²) < 4.78 is 58.7. The molecule has 0 unspecified atom stereocenters. The van der Waals surface area contributed by atoms with Crippen LogP contribution in [0, 0.1) is 71.6 Å². The molecule has 0 amide bonds. The summed E-state index contributed by atoms with van der Waals surface area (Å²) in [7, 11) is 0. The highest BCUT2D eigenvalue weighted by Crippen LogP contribution is 2.46. The third-order valence-corrected chi connectivity index (χ3v) is 21.5. The Morgan fingerprint density at radius 1 is 0.341 bits per heavy atom. The molecular formula is C87H112F4. The molecule has 4 heteroatoms. The first-order valence-electron chi connectivity index (χ1n) is 36.4. The summed E-state index contributed by atoms with van der Waals surface area (Å²) in [5.41, 5.74) is 11.8. The van der Waals surface area contributed by atoms with Crippen LogP contribution in [0.25, 0.3) is 44.5 Å². The molecule has 4 saturated carbocycles. The predicted molar refractivity (Wildman–Crippen MR) is 383 cm³/mol. The van der Waals surface area contributed by atoms with E-state index in [2.05, 4.69) is 91.8 Å². The van der Waals surface area contributed by atoms with Crippen molar-refractivity contribution in [2.24, 2.45) is 41.4 Å². The predicted octanol–water partition coefficient (Wildman–Crippen LogP) is 26.9. The van der Waals surface area contributed by atoms with Crippen LogP contribution in [-0.4, -0.2) is 0 Å². The first-order valence-corrected chi connectivity index (χ1v) is 36.4. The standard InChI is InChI=1S/C24H24F2.C23H22F2.C22H34.C18H32/c1-3-5-6-18-9-13-20(14-10-18)22-16-15-21(23(25)24(22)26)19-11-7-17(4-2)8-12-19;1-3-5-17-8-12-19(13-9-17)21-15-14-20(22(24)23(21)25)18-10-6-16(4-2)7-11-18;1-3-4-18-7-11-20(12-8-18)22-15-13-21(14-16-22)19-9-5-17(2)6-10-19;1-3-5-15-7-11-17(12-8-15)18-13-9-16(6-4-2)10-14-18/h7-16H,3-6H2,1-2H3;6-15H,3-5H2,1-2H3;5-6,9-10,18,20-22H,3-4,7-8,11-16H2,1-2H3;3,5,15-18H,4,6-14H2,1-2H3/b;;;5-3+. The number of hydrogen-bond acceptors (Lipinski definition) is 0. The molecule has 4 fully saturated rings. The lowest BCUT2D eigenvalue weighted by atomic mass is 9.68. The van der Waals surface area contributed by atoms with E-state index in [1.54, 1.807) is 42.7 Å². The number of unbranched alkanes of at least 4 members (excludes halogenated alkanes) is 1. The Balaban J connectivity index is 0.000000158.